The molecule has 0 fully saturated rings. The summed E-state index contributed by atoms with van der Waals surface area (Å²) in [5.41, 5.74) is 1.15. The lowest BCUT2D eigenvalue weighted by atomic mass is 10.1. The predicted octanol–water partition coefficient (Wildman–Crippen LogP) is 6.09. The summed E-state index contributed by atoms with van der Waals surface area (Å²) >= 11 is 7.91. The molecular weight excluding hydrogens is 507 g/mol. The third-order valence-electron chi connectivity index (χ3n) is 5.36. The molecule has 4 nitrogen and oxygen atoms in total. The van der Waals surface area contributed by atoms with Crippen LogP contribution >= 0.6 is 23.4 Å². The number of benzene rings is 3. The smallest absolute Gasteiger partial charge is 0.485 e. The summed E-state index contributed by atoms with van der Waals surface area (Å²) in [4.78, 5) is 2.57. The van der Waals surface area contributed by atoms with Crippen LogP contribution in [0.4, 0.5) is 13.2 Å². The van der Waals surface area contributed by atoms with Gasteiger partial charge in [-0.1, -0.05) is 53.7 Å². The van der Waals surface area contributed by atoms with Crippen LogP contribution in [0.3, 0.4) is 0 Å². The molecule has 5 rings (SSSR count). The van der Waals surface area contributed by atoms with E-state index in [1.54, 1.807) is 0 Å². The monoisotopic (exact) mass is 523 g/mol. The van der Waals surface area contributed by atoms with Gasteiger partial charge in [-0.05, 0) is 42.0 Å². The van der Waals surface area contributed by atoms with E-state index in [-0.39, 0.29) is 0 Å². The van der Waals surface area contributed by atoms with E-state index in [0.717, 1.165) is 11.4 Å². The Morgan fingerprint density at radius 2 is 1.56 bits per heavy atom. The van der Waals surface area contributed by atoms with Gasteiger partial charge in [-0.2, -0.15) is 17.7 Å². The van der Waals surface area contributed by atoms with Crippen molar-refractivity contribution >= 4 is 44.4 Å². The number of hydrogen-bond acceptors (Lipinski definition) is 4. The Labute approximate surface area is 203 Å². The molecule has 1 aromatic heterocycles. The first-order valence-electron chi connectivity index (χ1n) is 9.95. The van der Waals surface area contributed by atoms with E-state index in [4.69, 9.17) is 24.6 Å². The molecule has 0 saturated carbocycles. The van der Waals surface area contributed by atoms with Crippen LogP contribution in [-0.2, 0) is 23.6 Å². The Kier molecular flexibility index (Phi) is 6.65. The van der Waals surface area contributed by atoms with Gasteiger partial charge in [0.1, 0.15) is 7.05 Å². The van der Waals surface area contributed by atoms with Gasteiger partial charge in [-0.15, -0.1) is 0 Å². The zero-order valence-electron chi connectivity index (χ0n) is 17.6. The van der Waals surface area contributed by atoms with Gasteiger partial charge in [0.2, 0.25) is 11.2 Å². The standard InChI is InChI=1S/C23H17ClNS.CHF3O3S/c1-25-21-9-5-4-8-19(21)23(26-17-12-10-16(24)11-13-17)20-14-15-6-2-3-7-18(15)22(20)25;2-1(3,4)8(5,6)7/h2-13H,14H2,1H3;(H,5,6,7)/q+1;/p-1. The topological polar surface area (TPSA) is 61.1 Å². The van der Waals surface area contributed by atoms with Crippen molar-refractivity contribution in [2.75, 3.05) is 0 Å². The summed E-state index contributed by atoms with van der Waals surface area (Å²) in [6, 6.07) is 25.6. The SMILES string of the molecule is C[n+]1c2c(c(Sc3ccc(Cl)cc3)c3ccccc31)Cc1ccccc1-2.O=S(=O)([O-])C(F)(F)F. The minimum atomic E-state index is -6.09. The summed E-state index contributed by atoms with van der Waals surface area (Å²) < 4.78 is 61.3. The zero-order valence-corrected chi connectivity index (χ0v) is 20.0. The van der Waals surface area contributed by atoms with Crippen molar-refractivity contribution in [3.05, 3.63) is 88.9 Å². The van der Waals surface area contributed by atoms with Crippen molar-refractivity contribution < 1.29 is 30.7 Å². The number of hydrogen-bond donors (Lipinski definition) is 0. The molecule has 0 aliphatic heterocycles. The van der Waals surface area contributed by atoms with Gasteiger partial charge in [-0.3, -0.25) is 0 Å². The van der Waals surface area contributed by atoms with Crippen LogP contribution in [0.15, 0.2) is 82.6 Å². The van der Waals surface area contributed by atoms with Gasteiger partial charge in [0, 0.05) is 32.9 Å². The number of aryl methyl sites for hydroxylation is 1. The summed E-state index contributed by atoms with van der Waals surface area (Å²) in [6.45, 7) is 0. The van der Waals surface area contributed by atoms with E-state index in [0.29, 0.717) is 0 Å². The minimum Gasteiger partial charge on any atom is -0.741 e. The van der Waals surface area contributed by atoms with Crippen molar-refractivity contribution in [1.29, 1.82) is 0 Å². The molecule has 176 valence electrons. The fourth-order valence-corrected chi connectivity index (χ4v) is 5.10. The van der Waals surface area contributed by atoms with Crippen LogP contribution in [-0.4, -0.2) is 18.5 Å². The van der Waals surface area contributed by atoms with Crippen LogP contribution in [0.5, 0.6) is 0 Å². The first-order valence-corrected chi connectivity index (χ1v) is 12.5. The molecule has 0 N–H and O–H groups in total. The Morgan fingerprint density at radius 3 is 2.21 bits per heavy atom. The van der Waals surface area contributed by atoms with E-state index in [2.05, 4.69) is 72.3 Å². The first-order chi connectivity index (χ1) is 16.0. The van der Waals surface area contributed by atoms with Gasteiger partial charge >= 0.3 is 5.51 Å². The molecular formula is C24H17ClF3NO3S2. The molecule has 3 aromatic carbocycles. The predicted molar refractivity (Wildman–Crippen MR) is 125 cm³/mol. The Hall–Kier alpha value is -2.59. The Morgan fingerprint density at radius 1 is 0.971 bits per heavy atom. The maximum Gasteiger partial charge on any atom is 0.485 e. The molecule has 0 spiro atoms. The summed E-state index contributed by atoms with van der Waals surface area (Å²) in [5.74, 6) is 0. The van der Waals surface area contributed by atoms with Crippen molar-refractivity contribution in [1.82, 2.24) is 0 Å². The average molecular weight is 524 g/mol. The second-order valence-corrected chi connectivity index (χ2v) is 10.4. The number of alkyl halides is 3. The van der Waals surface area contributed by atoms with E-state index in [1.807, 2.05) is 23.9 Å². The number of pyridine rings is 1. The van der Waals surface area contributed by atoms with Crippen molar-refractivity contribution in [3.8, 4) is 11.3 Å². The molecule has 0 radical (unpaired) electrons. The van der Waals surface area contributed by atoms with E-state index in [1.165, 1.54) is 43.1 Å². The minimum absolute atomic E-state index is 0.774. The van der Waals surface area contributed by atoms with E-state index in [9.17, 15) is 13.2 Å². The average Bonchev–Trinajstić information content (AvgIpc) is 3.17. The molecule has 1 aliphatic rings. The van der Waals surface area contributed by atoms with Crippen molar-refractivity contribution in [3.63, 3.8) is 0 Å². The van der Waals surface area contributed by atoms with Crippen molar-refractivity contribution in [2.24, 2.45) is 7.05 Å². The van der Waals surface area contributed by atoms with Crippen molar-refractivity contribution in [2.45, 2.75) is 21.7 Å². The van der Waals surface area contributed by atoms with Crippen LogP contribution < -0.4 is 4.57 Å². The van der Waals surface area contributed by atoms with E-state index < -0.39 is 15.6 Å². The molecule has 0 bridgehead atoms. The number of para-hydroxylation sites is 1. The molecule has 10 heteroatoms. The third kappa shape index (κ3) is 4.79. The highest BCUT2D eigenvalue weighted by Gasteiger charge is 2.37. The van der Waals surface area contributed by atoms with Crippen LogP contribution in [0.1, 0.15) is 11.1 Å². The summed E-state index contributed by atoms with van der Waals surface area (Å²) in [6.07, 6.45) is 0.986. The Bertz CT molecular complexity index is 1490. The van der Waals surface area contributed by atoms with E-state index >= 15 is 0 Å². The Balaban J connectivity index is 0.000000297. The molecule has 0 amide bonds. The third-order valence-corrected chi connectivity index (χ3v) is 7.36. The van der Waals surface area contributed by atoms with Gasteiger partial charge in [-0.25, -0.2) is 8.42 Å². The molecule has 0 atom stereocenters. The molecule has 0 unspecified atom stereocenters. The van der Waals surface area contributed by atoms with Gasteiger partial charge in [0.15, 0.2) is 10.1 Å². The largest absolute Gasteiger partial charge is 0.741 e. The molecule has 1 aliphatic carbocycles. The lowest BCUT2D eigenvalue weighted by molar-refractivity contribution is -0.633. The second kappa shape index (κ2) is 9.22. The molecule has 0 saturated heterocycles. The highest BCUT2D eigenvalue weighted by molar-refractivity contribution is 7.99. The molecule has 34 heavy (non-hydrogen) atoms. The van der Waals surface area contributed by atoms with Crippen LogP contribution in [0.2, 0.25) is 5.02 Å². The maximum atomic E-state index is 10.7. The first kappa shape index (κ1) is 24.5. The van der Waals surface area contributed by atoms with Crippen LogP contribution in [0.25, 0.3) is 22.2 Å². The van der Waals surface area contributed by atoms with Gasteiger partial charge < -0.3 is 4.55 Å². The van der Waals surface area contributed by atoms with Gasteiger partial charge in [0.25, 0.3) is 0 Å². The quantitative estimate of drug-likeness (QED) is 0.159. The van der Waals surface area contributed by atoms with Crippen LogP contribution in [0, 0.1) is 0 Å². The second-order valence-electron chi connectivity index (χ2n) is 7.52. The number of aromatic nitrogens is 1. The number of rotatable bonds is 2. The zero-order chi connectivity index (χ0) is 24.7. The highest BCUT2D eigenvalue weighted by atomic mass is 35.5. The normalized spacial score (nSPS) is 12.6. The summed E-state index contributed by atoms with van der Waals surface area (Å²) in [5, 5.41) is 2.08. The number of fused-ring (bicyclic) bond motifs is 4. The fraction of sp³-hybridized carbons (Fsp3) is 0.125. The fourth-order valence-electron chi connectivity index (χ4n) is 3.89. The lowest BCUT2D eigenvalue weighted by Gasteiger charge is -2.11. The summed E-state index contributed by atoms with van der Waals surface area (Å²) in [7, 11) is -3.91. The van der Waals surface area contributed by atoms with Gasteiger partial charge in [0.05, 0.1) is 10.9 Å². The highest BCUT2D eigenvalue weighted by Crippen LogP contribution is 2.44. The molecule has 4 aromatic rings. The number of nitrogens with zero attached hydrogens (tertiary/aromatic N) is 1. The lowest BCUT2D eigenvalue weighted by Crippen LogP contribution is -2.32. The maximum absolute atomic E-state index is 10.7. The number of halogens is 4. The molecule has 1 heterocycles.